The van der Waals surface area contributed by atoms with Gasteiger partial charge in [0, 0.05) is 17.6 Å². The molecule has 3 aromatic carbocycles. The minimum absolute atomic E-state index is 0.0870. The molecular weight excluding hydrogens is 452 g/mol. The van der Waals surface area contributed by atoms with Crippen molar-refractivity contribution in [2.24, 2.45) is 0 Å². The van der Waals surface area contributed by atoms with Gasteiger partial charge < -0.3 is 10.2 Å². The van der Waals surface area contributed by atoms with Crippen LogP contribution in [-0.2, 0) is 9.59 Å². The molecule has 0 spiro atoms. The lowest BCUT2D eigenvalue weighted by Crippen LogP contribution is -2.36. The number of nitrogens with zero attached hydrogens (tertiary/aromatic N) is 1. The van der Waals surface area contributed by atoms with Crippen LogP contribution in [-0.4, -0.2) is 16.7 Å². The second-order valence-electron chi connectivity index (χ2n) is 7.55. The van der Waals surface area contributed by atoms with Crippen LogP contribution in [0.1, 0.15) is 47.7 Å². The number of hydrogen-bond donors (Lipinski definition) is 1. The highest BCUT2D eigenvalue weighted by atomic mass is 79.9. The standard InChI is InChI=1S/C26H23BrN2O2/c1-18(30)29-16-15-19-7-5-6-10-23(19)24(29)17-25(31)28-26(20-8-3-2-4-9-20)21-11-13-22(27)14-12-21/h2-16,24,26H,17H2,1H3,(H,28,31)/t24-,26+/m1/s1. The number of nitrogens with one attached hydrogen (secondary N) is 1. The van der Waals surface area contributed by atoms with Crippen LogP contribution >= 0.6 is 15.9 Å². The van der Waals surface area contributed by atoms with E-state index in [1.165, 1.54) is 6.92 Å². The average molecular weight is 475 g/mol. The van der Waals surface area contributed by atoms with Gasteiger partial charge in [0.05, 0.1) is 18.5 Å². The van der Waals surface area contributed by atoms with Crippen molar-refractivity contribution in [2.75, 3.05) is 0 Å². The van der Waals surface area contributed by atoms with Gasteiger partial charge in [-0.2, -0.15) is 0 Å². The Morgan fingerprint density at radius 1 is 0.935 bits per heavy atom. The molecule has 4 nitrogen and oxygen atoms in total. The van der Waals surface area contributed by atoms with E-state index in [4.69, 9.17) is 0 Å². The number of benzene rings is 3. The van der Waals surface area contributed by atoms with E-state index in [2.05, 4.69) is 21.2 Å². The van der Waals surface area contributed by atoms with E-state index in [0.717, 1.165) is 26.7 Å². The van der Waals surface area contributed by atoms with E-state index >= 15 is 0 Å². The molecule has 1 N–H and O–H groups in total. The lowest BCUT2D eigenvalue weighted by molar-refractivity contribution is -0.130. The summed E-state index contributed by atoms with van der Waals surface area (Å²) in [7, 11) is 0. The van der Waals surface area contributed by atoms with Gasteiger partial charge in [-0.1, -0.05) is 82.7 Å². The van der Waals surface area contributed by atoms with Crippen LogP contribution in [0.4, 0.5) is 0 Å². The van der Waals surface area contributed by atoms with Crippen molar-refractivity contribution in [3.8, 4) is 0 Å². The minimum Gasteiger partial charge on any atom is -0.345 e. The van der Waals surface area contributed by atoms with Crippen LogP contribution in [0.25, 0.3) is 6.08 Å². The SMILES string of the molecule is CC(=O)N1C=Cc2ccccc2[C@H]1CC(=O)N[C@@H](c1ccccc1)c1ccc(Br)cc1. The number of hydrogen-bond acceptors (Lipinski definition) is 2. The van der Waals surface area contributed by atoms with Crippen molar-refractivity contribution in [2.45, 2.75) is 25.4 Å². The Balaban J connectivity index is 1.61. The van der Waals surface area contributed by atoms with Crippen LogP contribution in [0.3, 0.4) is 0 Å². The number of carbonyl (C=O) groups is 2. The van der Waals surface area contributed by atoms with E-state index in [1.54, 1.807) is 11.1 Å². The fourth-order valence-corrected chi connectivity index (χ4v) is 4.23. The zero-order valence-electron chi connectivity index (χ0n) is 17.2. The largest absolute Gasteiger partial charge is 0.345 e. The van der Waals surface area contributed by atoms with Gasteiger partial charge in [-0.15, -0.1) is 0 Å². The predicted octanol–water partition coefficient (Wildman–Crippen LogP) is 5.62. The van der Waals surface area contributed by atoms with Gasteiger partial charge in [-0.3, -0.25) is 9.59 Å². The number of carbonyl (C=O) groups excluding carboxylic acids is 2. The molecule has 0 bridgehead atoms. The van der Waals surface area contributed by atoms with Crippen molar-refractivity contribution in [1.82, 2.24) is 10.2 Å². The smallest absolute Gasteiger partial charge is 0.223 e. The normalized spacial score (nSPS) is 15.8. The Kier molecular flexibility index (Phi) is 6.33. The summed E-state index contributed by atoms with van der Waals surface area (Å²) < 4.78 is 0.983. The van der Waals surface area contributed by atoms with Gasteiger partial charge in [0.25, 0.3) is 0 Å². The highest BCUT2D eigenvalue weighted by Gasteiger charge is 2.29. The molecule has 0 aromatic heterocycles. The lowest BCUT2D eigenvalue weighted by atomic mass is 9.93. The first-order chi connectivity index (χ1) is 15.0. The maximum Gasteiger partial charge on any atom is 0.223 e. The topological polar surface area (TPSA) is 49.4 Å². The van der Waals surface area contributed by atoms with Crippen molar-refractivity contribution >= 4 is 33.8 Å². The van der Waals surface area contributed by atoms with Gasteiger partial charge in [-0.05, 0) is 40.5 Å². The summed E-state index contributed by atoms with van der Waals surface area (Å²) in [5, 5.41) is 3.19. The summed E-state index contributed by atoms with van der Waals surface area (Å²) in [6.45, 7) is 1.53. The summed E-state index contributed by atoms with van der Waals surface area (Å²) in [5.74, 6) is -0.200. The molecule has 2 atom stereocenters. The van der Waals surface area contributed by atoms with E-state index in [-0.39, 0.29) is 30.3 Å². The molecule has 0 unspecified atom stereocenters. The first kappa shape index (κ1) is 21.1. The first-order valence-electron chi connectivity index (χ1n) is 10.2. The van der Waals surface area contributed by atoms with E-state index in [9.17, 15) is 9.59 Å². The second-order valence-corrected chi connectivity index (χ2v) is 8.47. The summed E-state index contributed by atoms with van der Waals surface area (Å²) in [5.41, 5.74) is 4.02. The Morgan fingerprint density at radius 3 is 2.29 bits per heavy atom. The third-order valence-electron chi connectivity index (χ3n) is 5.49. The van der Waals surface area contributed by atoms with Crippen molar-refractivity contribution in [3.63, 3.8) is 0 Å². The lowest BCUT2D eigenvalue weighted by Gasteiger charge is -2.32. The Labute approximate surface area is 190 Å². The predicted molar refractivity (Wildman–Crippen MR) is 126 cm³/mol. The van der Waals surface area contributed by atoms with E-state index in [0.29, 0.717) is 0 Å². The minimum atomic E-state index is -0.333. The zero-order valence-corrected chi connectivity index (χ0v) is 18.7. The molecule has 4 rings (SSSR count). The van der Waals surface area contributed by atoms with Crippen molar-refractivity contribution in [3.05, 3.63) is 112 Å². The zero-order chi connectivity index (χ0) is 21.8. The molecule has 1 aliphatic rings. The second kappa shape index (κ2) is 9.31. The van der Waals surface area contributed by atoms with Crippen LogP contribution in [0, 0.1) is 0 Å². The highest BCUT2D eigenvalue weighted by molar-refractivity contribution is 9.10. The fraction of sp³-hybridized carbons (Fsp3) is 0.154. The quantitative estimate of drug-likeness (QED) is 0.521. The molecule has 156 valence electrons. The van der Waals surface area contributed by atoms with Crippen molar-refractivity contribution < 1.29 is 9.59 Å². The van der Waals surface area contributed by atoms with Gasteiger partial charge in [0.15, 0.2) is 0 Å². The Bertz CT molecular complexity index is 1110. The molecule has 2 amide bonds. The molecule has 1 heterocycles. The fourth-order valence-electron chi connectivity index (χ4n) is 3.97. The van der Waals surface area contributed by atoms with Crippen LogP contribution in [0.5, 0.6) is 0 Å². The number of rotatable bonds is 5. The highest BCUT2D eigenvalue weighted by Crippen LogP contribution is 2.33. The number of halogens is 1. The third-order valence-corrected chi connectivity index (χ3v) is 6.02. The van der Waals surface area contributed by atoms with Gasteiger partial charge in [0.1, 0.15) is 0 Å². The summed E-state index contributed by atoms with van der Waals surface area (Å²) in [6, 6.07) is 25.1. The molecule has 3 aromatic rings. The molecule has 0 fully saturated rings. The maximum atomic E-state index is 13.2. The number of fused-ring (bicyclic) bond motifs is 1. The van der Waals surface area contributed by atoms with Crippen LogP contribution < -0.4 is 5.32 Å². The van der Waals surface area contributed by atoms with E-state index in [1.807, 2.05) is 84.9 Å². The van der Waals surface area contributed by atoms with Crippen LogP contribution in [0.2, 0.25) is 0 Å². The molecule has 0 saturated carbocycles. The average Bonchev–Trinajstić information content (AvgIpc) is 2.79. The maximum absolute atomic E-state index is 13.2. The molecule has 1 aliphatic heterocycles. The van der Waals surface area contributed by atoms with Gasteiger partial charge >= 0.3 is 0 Å². The van der Waals surface area contributed by atoms with Gasteiger partial charge in [-0.25, -0.2) is 0 Å². The molecule has 5 heteroatoms. The van der Waals surface area contributed by atoms with Crippen molar-refractivity contribution in [1.29, 1.82) is 0 Å². The first-order valence-corrected chi connectivity index (χ1v) is 11.0. The summed E-state index contributed by atoms with van der Waals surface area (Å²) in [4.78, 5) is 27.1. The van der Waals surface area contributed by atoms with E-state index < -0.39 is 0 Å². The van der Waals surface area contributed by atoms with Gasteiger partial charge in [0.2, 0.25) is 11.8 Å². The number of amides is 2. The monoisotopic (exact) mass is 474 g/mol. The Morgan fingerprint density at radius 2 is 1.58 bits per heavy atom. The molecule has 31 heavy (non-hydrogen) atoms. The molecule has 0 saturated heterocycles. The summed E-state index contributed by atoms with van der Waals surface area (Å²) >= 11 is 3.47. The molecule has 0 aliphatic carbocycles. The summed E-state index contributed by atoms with van der Waals surface area (Å²) in [6.07, 6.45) is 3.87. The Hall–Kier alpha value is -3.18. The molecular formula is C26H23BrN2O2. The third kappa shape index (κ3) is 4.78. The van der Waals surface area contributed by atoms with Crippen LogP contribution in [0.15, 0.2) is 89.5 Å². The molecule has 0 radical (unpaired) electrons.